The lowest BCUT2D eigenvalue weighted by Crippen LogP contribution is -2.38. The van der Waals surface area contributed by atoms with Crippen molar-refractivity contribution < 1.29 is 9.18 Å². The summed E-state index contributed by atoms with van der Waals surface area (Å²) in [6.45, 7) is 3.95. The van der Waals surface area contributed by atoms with Crippen molar-refractivity contribution in [2.45, 2.75) is 26.3 Å². The average molecular weight is 337 g/mol. The van der Waals surface area contributed by atoms with Crippen molar-refractivity contribution in [3.63, 3.8) is 0 Å². The predicted molar refractivity (Wildman–Crippen MR) is 75.7 cm³/mol. The van der Waals surface area contributed by atoms with Crippen LogP contribution in [0.25, 0.3) is 0 Å². The van der Waals surface area contributed by atoms with Crippen molar-refractivity contribution in [1.29, 1.82) is 0 Å². The average Bonchev–Trinajstić information content (AvgIpc) is 2.32. The third-order valence-electron chi connectivity index (χ3n) is 2.88. The fraction of sp³-hybridized carbons (Fsp3) is 0.462. The number of carbonyl (C=O) groups excluding carboxylic acids is 1. The van der Waals surface area contributed by atoms with E-state index in [1.54, 1.807) is 6.07 Å². The molecule has 1 aromatic rings. The Morgan fingerprint density at radius 3 is 2.72 bits per heavy atom. The van der Waals surface area contributed by atoms with Crippen LogP contribution in [0, 0.1) is 11.7 Å². The van der Waals surface area contributed by atoms with Gasteiger partial charge in [0, 0.05) is 22.0 Å². The third kappa shape index (κ3) is 4.25. The molecule has 0 aliphatic heterocycles. The van der Waals surface area contributed by atoms with E-state index in [1.165, 1.54) is 12.1 Å². The second-order valence-electron chi connectivity index (χ2n) is 4.36. The molecule has 0 aromatic heterocycles. The Hall–Kier alpha value is -0.610. The van der Waals surface area contributed by atoms with Crippen LogP contribution in [-0.4, -0.2) is 17.3 Å². The van der Waals surface area contributed by atoms with Gasteiger partial charge >= 0.3 is 0 Å². The van der Waals surface area contributed by atoms with Crippen LogP contribution in [0.3, 0.4) is 0 Å². The molecular formula is C13H16BrClFNO. The van der Waals surface area contributed by atoms with E-state index in [-0.39, 0.29) is 29.0 Å². The highest BCUT2D eigenvalue weighted by Gasteiger charge is 2.16. The number of amides is 1. The summed E-state index contributed by atoms with van der Waals surface area (Å²) in [7, 11) is 0. The lowest BCUT2D eigenvalue weighted by Gasteiger charge is -2.19. The van der Waals surface area contributed by atoms with Crippen LogP contribution in [0.4, 0.5) is 4.39 Å². The number of nitrogens with one attached hydrogen (secondary N) is 1. The molecule has 18 heavy (non-hydrogen) atoms. The summed E-state index contributed by atoms with van der Waals surface area (Å²) < 4.78 is 13.5. The molecule has 0 fully saturated rings. The summed E-state index contributed by atoms with van der Waals surface area (Å²) in [4.78, 5) is 11.8. The summed E-state index contributed by atoms with van der Waals surface area (Å²) in [5, 5.41) is 3.92. The maximum atomic E-state index is 13.5. The highest BCUT2D eigenvalue weighted by molar-refractivity contribution is 9.09. The largest absolute Gasteiger partial charge is 0.353 e. The summed E-state index contributed by atoms with van der Waals surface area (Å²) in [6, 6.07) is 4.44. The van der Waals surface area contributed by atoms with Crippen LogP contribution in [0.15, 0.2) is 18.2 Å². The number of hydrogen-bond donors (Lipinski definition) is 1. The number of carbonyl (C=O) groups is 1. The van der Waals surface area contributed by atoms with Gasteiger partial charge in [0.25, 0.3) is 0 Å². The number of hydrogen-bond acceptors (Lipinski definition) is 1. The number of halogens is 3. The van der Waals surface area contributed by atoms with Crippen molar-refractivity contribution in [2.75, 3.05) is 5.33 Å². The van der Waals surface area contributed by atoms with Gasteiger partial charge < -0.3 is 5.32 Å². The van der Waals surface area contributed by atoms with Gasteiger partial charge in [0.05, 0.1) is 6.42 Å². The molecule has 1 aromatic carbocycles. The topological polar surface area (TPSA) is 29.1 Å². The Labute approximate surface area is 120 Å². The van der Waals surface area contributed by atoms with E-state index >= 15 is 0 Å². The number of alkyl halides is 1. The van der Waals surface area contributed by atoms with Crippen LogP contribution in [0.1, 0.15) is 19.4 Å². The number of rotatable bonds is 5. The van der Waals surface area contributed by atoms with Gasteiger partial charge in [-0.25, -0.2) is 4.39 Å². The molecule has 2 unspecified atom stereocenters. The molecule has 1 rings (SSSR count). The quantitative estimate of drug-likeness (QED) is 0.819. The Morgan fingerprint density at radius 2 is 2.17 bits per heavy atom. The lowest BCUT2D eigenvalue weighted by molar-refractivity contribution is -0.121. The van der Waals surface area contributed by atoms with E-state index < -0.39 is 5.82 Å². The van der Waals surface area contributed by atoms with Gasteiger partial charge in [0.2, 0.25) is 5.91 Å². The highest BCUT2D eigenvalue weighted by atomic mass is 79.9. The summed E-state index contributed by atoms with van der Waals surface area (Å²) in [5.41, 5.74) is 0.246. The molecule has 0 aliphatic rings. The van der Waals surface area contributed by atoms with Crippen LogP contribution in [-0.2, 0) is 11.2 Å². The Balaban J connectivity index is 2.65. The molecule has 0 spiro atoms. The molecule has 0 saturated heterocycles. The van der Waals surface area contributed by atoms with E-state index in [2.05, 4.69) is 21.2 Å². The van der Waals surface area contributed by atoms with Crippen molar-refractivity contribution in [3.05, 3.63) is 34.6 Å². The van der Waals surface area contributed by atoms with Gasteiger partial charge in [-0.05, 0) is 25.0 Å². The van der Waals surface area contributed by atoms with Crippen LogP contribution < -0.4 is 5.32 Å². The van der Waals surface area contributed by atoms with E-state index in [0.29, 0.717) is 5.92 Å². The summed E-state index contributed by atoms with van der Waals surface area (Å²) in [5.74, 6) is -0.355. The number of benzene rings is 1. The van der Waals surface area contributed by atoms with Gasteiger partial charge in [0.1, 0.15) is 5.82 Å². The molecule has 0 saturated carbocycles. The van der Waals surface area contributed by atoms with E-state index in [4.69, 9.17) is 11.6 Å². The van der Waals surface area contributed by atoms with Gasteiger partial charge in [0.15, 0.2) is 0 Å². The minimum atomic E-state index is -0.446. The Bertz CT molecular complexity index is 407. The van der Waals surface area contributed by atoms with Crippen molar-refractivity contribution in [3.8, 4) is 0 Å². The zero-order chi connectivity index (χ0) is 13.7. The van der Waals surface area contributed by atoms with Gasteiger partial charge in [-0.2, -0.15) is 0 Å². The fourth-order valence-electron chi connectivity index (χ4n) is 1.44. The van der Waals surface area contributed by atoms with Gasteiger partial charge in [-0.15, -0.1) is 0 Å². The zero-order valence-corrected chi connectivity index (χ0v) is 12.7. The lowest BCUT2D eigenvalue weighted by atomic mass is 10.1. The maximum Gasteiger partial charge on any atom is 0.224 e. The minimum Gasteiger partial charge on any atom is -0.353 e. The maximum absolute atomic E-state index is 13.5. The molecule has 0 heterocycles. The van der Waals surface area contributed by atoms with Gasteiger partial charge in [-0.3, -0.25) is 4.79 Å². The first-order chi connectivity index (χ1) is 8.45. The minimum absolute atomic E-state index is 0.0300. The van der Waals surface area contributed by atoms with E-state index in [0.717, 1.165) is 5.33 Å². The van der Waals surface area contributed by atoms with Gasteiger partial charge in [-0.1, -0.05) is 40.5 Å². The predicted octanol–water partition coefficient (Wildman–Crippen LogP) is 3.56. The highest BCUT2D eigenvalue weighted by Crippen LogP contribution is 2.19. The molecule has 2 atom stereocenters. The Morgan fingerprint density at radius 1 is 1.50 bits per heavy atom. The molecular weight excluding hydrogens is 321 g/mol. The SMILES string of the molecule is CC(CBr)C(C)NC(=O)Cc1c(F)cccc1Cl. The van der Waals surface area contributed by atoms with Crippen molar-refractivity contribution in [1.82, 2.24) is 5.32 Å². The molecule has 100 valence electrons. The van der Waals surface area contributed by atoms with Crippen LogP contribution in [0.5, 0.6) is 0 Å². The second kappa shape index (κ2) is 7.10. The van der Waals surface area contributed by atoms with Crippen LogP contribution >= 0.6 is 27.5 Å². The first-order valence-corrected chi connectivity index (χ1v) is 7.23. The summed E-state index contributed by atoms with van der Waals surface area (Å²) >= 11 is 9.24. The monoisotopic (exact) mass is 335 g/mol. The molecule has 5 heteroatoms. The summed E-state index contributed by atoms with van der Waals surface area (Å²) in [6.07, 6.45) is -0.0369. The molecule has 2 nitrogen and oxygen atoms in total. The normalized spacial score (nSPS) is 14.1. The smallest absolute Gasteiger partial charge is 0.224 e. The first kappa shape index (κ1) is 15.4. The zero-order valence-electron chi connectivity index (χ0n) is 10.3. The van der Waals surface area contributed by atoms with Crippen molar-refractivity contribution in [2.24, 2.45) is 5.92 Å². The Kier molecular flexibility index (Phi) is 6.09. The molecule has 0 radical (unpaired) electrons. The van der Waals surface area contributed by atoms with E-state index in [1.807, 2.05) is 13.8 Å². The van der Waals surface area contributed by atoms with Crippen LogP contribution in [0.2, 0.25) is 5.02 Å². The third-order valence-corrected chi connectivity index (χ3v) is 4.26. The standard InChI is InChI=1S/C13H16BrClFNO/c1-8(7-14)9(2)17-13(18)6-10-11(15)4-3-5-12(10)16/h3-5,8-9H,6-7H2,1-2H3,(H,17,18). The second-order valence-corrected chi connectivity index (χ2v) is 5.42. The molecule has 1 N–H and O–H groups in total. The molecule has 1 amide bonds. The van der Waals surface area contributed by atoms with E-state index in [9.17, 15) is 9.18 Å². The fourth-order valence-corrected chi connectivity index (χ4v) is 2.23. The first-order valence-electron chi connectivity index (χ1n) is 5.74. The molecule has 0 aliphatic carbocycles. The van der Waals surface area contributed by atoms with Crippen molar-refractivity contribution >= 4 is 33.4 Å². The molecule has 0 bridgehead atoms.